The van der Waals surface area contributed by atoms with Crippen LogP contribution in [0.15, 0.2) is 82.5 Å². The van der Waals surface area contributed by atoms with Gasteiger partial charge in [0.05, 0.1) is 25.3 Å². The number of carbonyl (C=O) groups is 2. The number of benzene rings is 3. The fraction of sp³-hybridized carbons (Fsp3) is 0.172. The number of furan rings is 1. The van der Waals surface area contributed by atoms with Crippen LogP contribution < -0.4 is 14.4 Å². The molecule has 0 bridgehead atoms. The van der Waals surface area contributed by atoms with Gasteiger partial charge in [-0.25, -0.2) is 0 Å². The zero-order valence-corrected chi connectivity index (χ0v) is 21.2. The molecule has 5 rings (SSSR count). The highest BCUT2D eigenvalue weighted by Gasteiger charge is 2.45. The Hall–Kier alpha value is -4.23. The molecule has 0 spiro atoms. The molecule has 1 unspecified atom stereocenters. The topological polar surface area (TPSA) is 89.2 Å². The number of ketones is 1. The normalized spacial score (nSPS) is 15.5. The number of anilines is 1. The molecule has 8 heteroatoms. The molecule has 0 saturated carbocycles. The van der Waals surface area contributed by atoms with Gasteiger partial charge in [-0.1, -0.05) is 41.4 Å². The molecule has 188 valence electrons. The first-order valence-electron chi connectivity index (χ1n) is 11.7. The first-order valence-corrected chi connectivity index (χ1v) is 12.1. The number of aliphatic hydroxyl groups is 1. The zero-order chi connectivity index (χ0) is 26.3. The maximum Gasteiger partial charge on any atom is 0.294 e. The molecule has 0 aliphatic carbocycles. The van der Waals surface area contributed by atoms with E-state index >= 15 is 0 Å². The number of halogens is 1. The number of methoxy groups -OCH3 is 1. The number of carbonyl (C=O) groups excluding carboxylic acids is 2. The van der Waals surface area contributed by atoms with Crippen LogP contribution in [0.2, 0.25) is 5.02 Å². The Morgan fingerprint density at radius 3 is 2.54 bits per heavy atom. The van der Waals surface area contributed by atoms with Gasteiger partial charge in [0.2, 0.25) is 5.78 Å². The fourth-order valence-electron chi connectivity index (χ4n) is 4.61. The van der Waals surface area contributed by atoms with E-state index in [1.807, 2.05) is 38.1 Å². The van der Waals surface area contributed by atoms with Crippen molar-refractivity contribution in [1.29, 1.82) is 0 Å². The molecule has 3 aromatic carbocycles. The van der Waals surface area contributed by atoms with Crippen LogP contribution in [0.3, 0.4) is 0 Å². The van der Waals surface area contributed by atoms with Crippen LogP contribution in [0, 0.1) is 6.92 Å². The number of Topliss-reactive ketones (excluding diaryl/α,β-unsaturated/α-hetero) is 1. The zero-order valence-electron chi connectivity index (χ0n) is 20.4. The van der Waals surface area contributed by atoms with E-state index in [-0.39, 0.29) is 11.3 Å². The van der Waals surface area contributed by atoms with Crippen molar-refractivity contribution in [1.82, 2.24) is 0 Å². The van der Waals surface area contributed by atoms with Crippen LogP contribution in [0.1, 0.15) is 34.6 Å². The van der Waals surface area contributed by atoms with E-state index in [2.05, 4.69) is 0 Å². The molecule has 0 saturated heterocycles. The minimum absolute atomic E-state index is 0.0453. The summed E-state index contributed by atoms with van der Waals surface area (Å²) in [5.41, 5.74) is 2.39. The summed E-state index contributed by atoms with van der Waals surface area (Å²) in [4.78, 5) is 28.7. The number of nitrogens with zero attached hydrogens (tertiary/aromatic N) is 1. The monoisotopic (exact) mass is 517 g/mol. The first-order chi connectivity index (χ1) is 17.8. The number of amides is 1. The molecule has 2 heterocycles. The molecule has 1 atom stereocenters. The number of hydrogen-bond acceptors (Lipinski definition) is 6. The Morgan fingerprint density at radius 2 is 1.86 bits per heavy atom. The van der Waals surface area contributed by atoms with E-state index in [0.717, 1.165) is 5.56 Å². The summed E-state index contributed by atoms with van der Waals surface area (Å²) in [7, 11) is 1.47. The summed E-state index contributed by atoms with van der Waals surface area (Å²) in [6.07, 6.45) is 0. The lowest BCUT2D eigenvalue weighted by Crippen LogP contribution is -2.31. The van der Waals surface area contributed by atoms with E-state index < -0.39 is 23.5 Å². The molecule has 1 aliphatic heterocycles. The minimum Gasteiger partial charge on any atom is -0.503 e. The molecular weight excluding hydrogens is 494 g/mol. The minimum atomic E-state index is -0.878. The van der Waals surface area contributed by atoms with Gasteiger partial charge in [0.1, 0.15) is 5.75 Å². The smallest absolute Gasteiger partial charge is 0.294 e. The predicted molar refractivity (Wildman–Crippen MR) is 141 cm³/mol. The molecule has 0 radical (unpaired) electrons. The Kier molecular flexibility index (Phi) is 6.39. The van der Waals surface area contributed by atoms with Crippen molar-refractivity contribution in [3.05, 3.63) is 100.0 Å². The van der Waals surface area contributed by atoms with Crippen molar-refractivity contribution in [3.63, 3.8) is 0 Å². The van der Waals surface area contributed by atoms with Gasteiger partial charge in [-0.3, -0.25) is 14.5 Å². The van der Waals surface area contributed by atoms with Crippen LogP contribution in [0.25, 0.3) is 11.0 Å². The molecule has 7 nitrogen and oxygen atoms in total. The number of hydrogen-bond donors (Lipinski definition) is 1. The maximum atomic E-state index is 13.9. The standard InChI is InChI=1S/C29H24ClNO6/c1-4-36-21-10-8-20(9-11-21)31-25(17-7-5-6-16(2)12-17)24(27(33)29(31)34)26(32)22-14-18-13-19(30)15-23(35-3)28(18)37-22/h5-15,25,33H,4H2,1-3H3. The summed E-state index contributed by atoms with van der Waals surface area (Å²) in [5, 5.41) is 12.0. The molecule has 1 N–H and O–H groups in total. The molecule has 1 aliphatic rings. The second-order valence-corrected chi connectivity index (χ2v) is 9.08. The maximum absolute atomic E-state index is 13.9. The quantitative estimate of drug-likeness (QED) is 0.278. The van der Waals surface area contributed by atoms with Gasteiger partial charge in [-0.15, -0.1) is 0 Å². The van der Waals surface area contributed by atoms with Gasteiger partial charge in [-0.05, 0) is 55.8 Å². The molecule has 0 fully saturated rings. The highest BCUT2D eigenvalue weighted by Crippen LogP contribution is 2.43. The van der Waals surface area contributed by atoms with E-state index in [1.54, 1.807) is 36.4 Å². The predicted octanol–water partition coefficient (Wildman–Crippen LogP) is 6.58. The molecule has 1 amide bonds. The van der Waals surface area contributed by atoms with Crippen LogP contribution >= 0.6 is 11.6 Å². The SMILES string of the molecule is CCOc1ccc(N2C(=O)C(O)=C(C(=O)c3cc4cc(Cl)cc(OC)c4o3)C2c2cccc(C)c2)cc1. The van der Waals surface area contributed by atoms with Crippen LogP contribution in [-0.2, 0) is 4.79 Å². The molecule has 37 heavy (non-hydrogen) atoms. The number of aryl methyl sites for hydroxylation is 1. The van der Waals surface area contributed by atoms with Crippen LogP contribution in [-0.4, -0.2) is 30.5 Å². The van der Waals surface area contributed by atoms with Gasteiger partial charge in [0, 0.05) is 22.2 Å². The second-order valence-electron chi connectivity index (χ2n) is 8.65. The average Bonchev–Trinajstić information content (AvgIpc) is 3.43. The van der Waals surface area contributed by atoms with Crippen molar-refractivity contribution in [2.24, 2.45) is 0 Å². The summed E-state index contributed by atoms with van der Waals surface area (Å²) in [6.45, 7) is 4.30. The highest BCUT2D eigenvalue weighted by atomic mass is 35.5. The van der Waals surface area contributed by atoms with E-state index in [0.29, 0.717) is 45.3 Å². The average molecular weight is 518 g/mol. The Bertz CT molecular complexity index is 1550. The van der Waals surface area contributed by atoms with Crippen LogP contribution in [0.5, 0.6) is 11.5 Å². The third kappa shape index (κ3) is 4.32. The van der Waals surface area contributed by atoms with E-state index in [4.69, 9.17) is 25.5 Å². The Labute approximate surface area is 218 Å². The van der Waals surface area contributed by atoms with Crippen molar-refractivity contribution >= 4 is 39.9 Å². The third-order valence-electron chi connectivity index (χ3n) is 6.23. The summed E-state index contributed by atoms with van der Waals surface area (Å²) >= 11 is 6.18. The number of aliphatic hydroxyl groups excluding tert-OH is 1. The highest BCUT2D eigenvalue weighted by molar-refractivity contribution is 6.31. The summed E-state index contributed by atoms with van der Waals surface area (Å²) < 4.78 is 16.7. The lowest BCUT2D eigenvalue weighted by atomic mass is 9.94. The van der Waals surface area contributed by atoms with Gasteiger partial charge in [-0.2, -0.15) is 0 Å². The first kappa shape index (κ1) is 24.5. The Balaban J connectivity index is 1.64. The number of fused-ring (bicyclic) bond motifs is 1. The van der Waals surface area contributed by atoms with Gasteiger partial charge >= 0.3 is 0 Å². The fourth-order valence-corrected chi connectivity index (χ4v) is 4.83. The lowest BCUT2D eigenvalue weighted by molar-refractivity contribution is -0.117. The van der Waals surface area contributed by atoms with E-state index in [9.17, 15) is 14.7 Å². The molecule has 4 aromatic rings. The lowest BCUT2D eigenvalue weighted by Gasteiger charge is -2.27. The second kappa shape index (κ2) is 9.67. The number of ether oxygens (including phenoxy) is 2. The molecule has 1 aromatic heterocycles. The summed E-state index contributed by atoms with van der Waals surface area (Å²) in [5.74, 6) is -0.954. The van der Waals surface area contributed by atoms with Crippen molar-refractivity contribution in [3.8, 4) is 11.5 Å². The van der Waals surface area contributed by atoms with Gasteiger partial charge < -0.3 is 19.0 Å². The van der Waals surface area contributed by atoms with Gasteiger partial charge in [0.15, 0.2) is 22.9 Å². The van der Waals surface area contributed by atoms with Crippen molar-refractivity contribution < 1.29 is 28.6 Å². The van der Waals surface area contributed by atoms with Crippen molar-refractivity contribution in [2.45, 2.75) is 19.9 Å². The Morgan fingerprint density at radius 1 is 1.11 bits per heavy atom. The third-order valence-corrected chi connectivity index (χ3v) is 6.45. The summed E-state index contributed by atoms with van der Waals surface area (Å²) in [6, 6.07) is 18.3. The number of rotatable bonds is 7. The molecular formula is C29H24ClNO6. The van der Waals surface area contributed by atoms with Gasteiger partial charge in [0.25, 0.3) is 5.91 Å². The van der Waals surface area contributed by atoms with Crippen LogP contribution in [0.4, 0.5) is 5.69 Å². The van der Waals surface area contributed by atoms with E-state index in [1.165, 1.54) is 18.1 Å². The largest absolute Gasteiger partial charge is 0.503 e. The van der Waals surface area contributed by atoms with Crippen molar-refractivity contribution in [2.75, 3.05) is 18.6 Å².